The minimum atomic E-state index is -5.14. The van der Waals surface area contributed by atoms with Gasteiger partial charge < -0.3 is 9.74 Å². The number of rotatable bonds is 8. The van der Waals surface area contributed by atoms with Crippen molar-refractivity contribution in [3.05, 3.63) is 69.8 Å². The lowest BCUT2D eigenvalue weighted by Gasteiger charge is -2.47. The van der Waals surface area contributed by atoms with Gasteiger partial charge in [-0.3, -0.25) is 0 Å². The monoisotopic (exact) mass is 585 g/mol. The Bertz CT molecular complexity index is 1110. The van der Waals surface area contributed by atoms with Gasteiger partial charge in [-0.15, -0.1) is 0 Å². The maximum Gasteiger partial charge on any atom is 0.416 e. The van der Waals surface area contributed by atoms with Crippen LogP contribution < -0.4 is 5.32 Å². The zero-order chi connectivity index (χ0) is 29.4. The van der Waals surface area contributed by atoms with Crippen molar-refractivity contribution in [2.75, 3.05) is 6.54 Å². The number of alkyl halides is 9. The Hall–Kier alpha value is -2.05. The van der Waals surface area contributed by atoms with Crippen molar-refractivity contribution in [3.8, 4) is 0 Å². The molecule has 1 heterocycles. The van der Waals surface area contributed by atoms with Gasteiger partial charge in [0, 0.05) is 6.04 Å². The van der Waals surface area contributed by atoms with Crippen LogP contribution in [0.3, 0.4) is 0 Å². The average molecular weight is 586 g/mol. The molecule has 218 valence electrons. The van der Waals surface area contributed by atoms with E-state index >= 15 is 0 Å². The second-order valence-corrected chi connectivity index (χ2v) is 14.8. The van der Waals surface area contributed by atoms with Gasteiger partial charge in [0.15, 0.2) is 8.32 Å². The molecule has 0 spiro atoms. The molecule has 0 bridgehead atoms. The molecule has 2 aromatic rings. The summed E-state index contributed by atoms with van der Waals surface area (Å²) >= 11 is 0. The molecule has 12 heteroatoms. The molecular weight excluding hydrogens is 553 g/mol. The Balaban J connectivity index is 2.54. The van der Waals surface area contributed by atoms with Gasteiger partial charge >= 0.3 is 18.5 Å². The number of aryl methyl sites for hydroxylation is 1. The highest BCUT2D eigenvalue weighted by Gasteiger charge is 2.52. The van der Waals surface area contributed by atoms with Gasteiger partial charge in [-0.1, -0.05) is 32.4 Å². The first-order valence-electron chi connectivity index (χ1n) is 12.8. The first kappa shape index (κ1) is 31.5. The molecule has 1 fully saturated rings. The van der Waals surface area contributed by atoms with Crippen molar-refractivity contribution in [3.63, 3.8) is 0 Å². The van der Waals surface area contributed by atoms with Crippen LogP contribution in [0.4, 0.5) is 39.5 Å². The molecule has 1 aliphatic heterocycles. The third-order valence-electron chi connectivity index (χ3n) is 7.71. The largest absolute Gasteiger partial charge is 0.416 e. The predicted octanol–water partition coefficient (Wildman–Crippen LogP) is 9.07. The van der Waals surface area contributed by atoms with Crippen molar-refractivity contribution in [2.45, 2.75) is 88.8 Å². The first-order chi connectivity index (χ1) is 17.9. The van der Waals surface area contributed by atoms with Gasteiger partial charge in [0.2, 0.25) is 0 Å². The summed E-state index contributed by atoms with van der Waals surface area (Å²) in [6.45, 7) is 7.28. The van der Waals surface area contributed by atoms with E-state index in [9.17, 15) is 39.5 Å². The molecule has 1 unspecified atom stereocenters. The Kier molecular flexibility index (Phi) is 8.94. The predicted molar refractivity (Wildman–Crippen MR) is 133 cm³/mol. The topological polar surface area (TPSA) is 21.3 Å². The first-order valence-corrected chi connectivity index (χ1v) is 15.4. The third-order valence-corrected chi connectivity index (χ3v) is 12.3. The zero-order valence-corrected chi connectivity index (χ0v) is 23.1. The van der Waals surface area contributed by atoms with Crippen LogP contribution in [0.1, 0.15) is 67.0 Å². The fraction of sp³-hybridized carbons (Fsp3) is 0.556. The summed E-state index contributed by atoms with van der Waals surface area (Å²) in [5.41, 5.74) is -6.59. The molecule has 2 aromatic carbocycles. The van der Waals surface area contributed by atoms with E-state index in [1.165, 1.54) is 13.0 Å². The standard InChI is InChI=1S/C27H32F9NOSi/c1-5-39(6-2,7-3)38-24(23-9-8-10-37-23,18-11-17(4)12-20(13-18)25(28,29)30)19-14-21(26(31,32)33)16-22(15-19)27(34,35)36/h11-16,23,37H,5-10H2,1-4H3/t23?,24-/m0/s1. The molecule has 39 heavy (non-hydrogen) atoms. The van der Waals surface area contributed by atoms with E-state index in [2.05, 4.69) is 5.32 Å². The third kappa shape index (κ3) is 6.48. The highest BCUT2D eigenvalue weighted by molar-refractivity contribution is 6.73. The minimum absolute atomic E-state index is 0.0257. The van der Waals surface area contributed by atoms with E-state index in [0.29, 0.717) is 43.2 Å². The van der Waals surface area contributed by atoms with Crippen molar-refractivity contribution >= 4 is 8.32 Å². The van der Waals surface area contributed by atoms with Gasteiger partial charge in [-0.25, -0.2) is 0 Å². The Labute approximate surface area is 223 Å². The van der Waals surface area contributed by atoms with E-state index in [1.54, 1.807) is 0 Å². The molecule has 2 atom stereocenters. The number of benzene rings is 2. The smallest absolute Gasteiger partial charge is 0.402 e. The summed E-state index contributed by atoms with van der Waals surface area (Å²) in [6.07, 6.45) is -14.3. The summed E-state index contributed by atoms with van der Waals surface area (Å²) < 4.78 is 132. The Morgan fingerprint density at radius 2 is 1.08 bits per heavy atom. The van der Waals surface area contributed by atoms with Gasteiger partial charge in [-0.05, 0) is 85.9 Å². The summed E-state index contributed by atoms with van der Waals surface area (Å²) in [5.74, 6) is 0. The van der Waals surface area contributed by atoms with Crippen LogP contribution in [0.2, 0.25) is 18.1 Å². The Morgan fingerprint density at radius 1 is 0.692 bits per heavy atom. The molecule has 3 rings (SSSR count). The van der Waals surface area contributed by atoms with E-state index in [-0.39, 0.29) is 23.6 Å². The zero-order valence-electron chi connectivity index (χ0n) is 22.1. The van der Waals surface area contributed by atoms with Gasteiger partial charge in [0.25, 0.3) is 0 Å². The molecule has 0 saturated carbocycles. The molecular formula is C27H32F9NOSi. The summed E-state index contributed by atoms with van der Waals surface area (Å²) in [7, 11) is -2.88. The van der Waals surface area contributed by atoms with Gasteiger partial charge in [0.1, 0.15) is 5.60 Å². The molecule has 1 saturated heterocycles. The van der Waals surface area contributed by atoms with Crippen LogP contribution in [-0.4, -0.2) is 20.9 Å². The molecule has 0 radical (unpaired) electrons. The van der Waals surface area contributed by atoms with E-state index in [1.807, 2.05) is 20.8 Å². The number of hydrogen-bond acceptors (Lipinski definition) is 2. The average Bonchev–Trinajstić information content (AvgIpc) is 3.39. The molecule has 0 amide bonds. The molecule has 0 aliphatic carbocycles. The number of hydrogen-bond donors (Lipinski definition) is 1. The normalized spacial score (nSPS) is 18.8. The molecule has 1 N–H and O–H groups in total. The number of nitrogens with one attached hydrogen (secondary N) is 1. The van der Waals surface area contributed by atoms with Crippen molar-refractivity contribution in [2.24, 2.45) is 0 Å². The van der Waals surface area contributed by atoms with Gasteiger partial charge in [0.05, 0.1) is 16.7 Å². The van der Waals surface area contributed by atoms with E-state index in [4.69, 9.17) is 4.43 Å². The lowest BCUT2D eigenvalue weighted by atomic mass is 9.77. The summed E-state index contributed by atoms with van der Waals surface area (Å²) in [4.78, 5) is 0. The van der Waals surface area contributed by atoms with E-state index in [0.717, 1.165) is 12.1 Å². The highest BCUT2D eigenvalue weighted by Crippen LogP contribution is 2.48. The second kappa shape index (κ2) is 11.1. The Morgan fingerprint density at radius 3 is 1.46 bits per heavy atom. The molecule has 2 nitrogen and oxygen atoms in total. The summed E-state index contributed by atoms with van der Waals surface area (Å²) in [5, 5.41) is 3.14. The maximum absolute atomic E-state index is 14.0. The lowest BCUT2D eigenvalue weighted by molar-refractivity contribution is -0.143. The minimum Gasteiger partial charge on any atom is -0.402 e. The van der Waals surface area contributed by atoms with Crippen LogP contribution in [0.15, 0.2) is 36.4 Å². The van der Waals surface area contributed by atoms with Crippen molar-refractivity contribution in [1.29, 1.82) is 0 Å². The van der Waals surface area contributed by atoms with E-state index < -0.39 is 60.7 Å². The van der Waals surface area contributed by atoms with Crippen molar-refractivity contribution in [1.82, 2.24) is 5.32 Å². The molecule has 0 aromatic heterocycles. The lowest BCUT2D eigenvalue weighted by Crippen LogP contribution is -2.55. The number of halogens is 9. The van der Waals surface area contributed by atoms with Crippen LogP contribution >= 0.6 is 0 Å². The quantitative estimate of drug-likeness (QED) is 0.247. The second-order valence-electron chi connectivity index (χ2n) is 10.1. The maximum atomic E-state index is 14.0. The summed E-state index contributed by atoms with van der Waals surface area (Å²) in [6, 6.07) is 4.86. The van der Waals surface area contributed by atoms with Crippen LogP contribution in [0, 0.1) is 6.92 Å². The van der Waals surface area contributed by atoms with Crippen LogP contribution in [-0.2, 0) is 28.6 Å². The van der Waals surface area contributed by atoms with Crippen molar-refractivity contribution < 1.29 is 43.9 Å². The van der Waals surface area contributed by atoms with Gasteiger partial charge in [-0.2, -0.15) is 39.5 Å². The SMILES string of the molecule is CC[Si](CC)(CC)O[C@@](c1cc(C)cc(C(F)(F)F)c1)(c1cc(C(F)(F)F)cc(C(F)(F)F)c1)C1CCCN1. The fourth-order valence-electron chi connectivity index (χ4n) is 5.43. The van der Waals surface area contributed by atoms with Crippen LogP contribution in [0.25, 0.3) is 0 Å². The highest BCUT2D eigenvalue weighted by atomic mass is 28.4. The molecule has 1 aliphatic rings. The van der Waals surface area contributed by atoms with Crippen LogP contribution in [0.5, 0.6) is 0 Å². The fourth-order valence-corrected chi connectivity index (χ4v) is 8.42.